The molecule has 1 aromatic carbocycles. The molecule has 1 aromatic heterocycles. The van der Waals surface area contributed by atoms with Crippen molar-refractivity contribution in [3.05, 3.63) is 18.2 Å². The zero-order chi connectivity index (χ0) is 14.3. The number of sulfonamides is 1. The molecule has 1 aliphatic heterocycles. The fourth-order valence-corrected chi connectivity index (χ4v) is 4.80. The molecule has 7 heteroatoms. The molecular weight excluding hydrogens is 294 g/mol. The monoisotopic (exact) mass is 311 g/mol. The maximum atomic E-state index is 12.6. The van der Waals surface area contributed by atoms with Gasteiger partial charge in [0.05, 0.1) is 15.1 Å². The topological polar surface area (TPSA) is 76.3 Å². The van der Waals surface area contributed by atoms with Crippen LogP contribution in [-0.4, -0.2) is 30.8 Å². The minimum absolute atomic E-state index is 0.336. The Kier molecular flexibility index (Phi) is 3.43. The molecule has 5 nitrogen and oxygen atoms in total. The van der Waals surface area contributed by atoms with Crippen LogP contribution in [0.3, 0.4) is 0 Å². The Hall–Kier alpha value is -1.18. The molecule has 2 aromatic rings. The van der Waals surface area contributed by atoms with E-state index in [1.165, 1.54) is 11.3 Å². The van der Waals surface area contributed by atoms with Crippen LogP contribution in [0.1, 0.15) is 19.8 Å². The lowest BCUT2D eigenvalue weighted by molar-refractivity contribution is 0.288. The zero-order valence-electron chi connectivity index (χ0n) is 11.2. The minimum Gasteiger partial charge on any atom is -0.375 e. The van der Waals surface area contributed by atoms with Gasteiger partial charge in [-0.25, -0.2) is 13.4 Å². The Labute approximate surface area is 122 Å². The first-order valence-electron chi connectivity index (χ1n) is 6.63. The molecule has 1 saturated heterocycles. The second-order valence-electron chi connectivity index (χ2n) is 5.27. The molecule has 0 bridgehead atoms. The molecule has 2 N–H and O–H groups in total. The highest BCUT2D eigenvalue weighted by molar-refractivity contribution is 7.89. The van der Waals surface area contributed by atoms with Crippen molar-refractivity contribution >= 4 is 36.7 Å². The molecule has 0 spiro atoms. The molecule has 0 unspecified atom stereocenters. The van der Waals surface area contributed by atoms with Gasteiger partial charge in [-0.2, -0.15) is 4.31 Å². The summed E-state index contributed by atoms with van der Waals surface area (Å²) in [6.07, 6.45) is 1.85. The standard InChI is InChI=1S/C13H17N3O2S2/c1-9-4-6-16(7-5-9)20(17,18)10-2-3-11-12(8-10)19-13(14)15-11/h2-3,8-9H,4-7H2,1H3,(H2,14,15). The van der Waals surface area contributed by atoms with Crippen LogP contribution in [0.15, 0.2) is 23.1 Å². The maximum absolute atomic E-state index is 12.6. The van der Waals surface area contributed by atoms with E-state index in [-0.39, 0.29) is 0 Å². The summed E-state index contributed by atoms with van der Waals surface area (Å²) in [6.45, 7) is 3.37. The van der Waals surface area contributed by atoms with Crippen molar-refractivity contribution in [2.45, 2.75) is 24.7 Å². The number of anilines is 1. The van der Waals surface area contributed by atoms with Crippen molar-refractivity contribution in [3.8, 4) is 0 Å². The first kappa shape index (κ1) is 13.8. The van der Waals surface area contributed by atoms with Crippen LogP contribution >= 0.6 is 11.3 Å². The number of piperidine rings is 1. The predicted octanol–water partition coefficient (Wildman–Crippen LogP) is 2.30. The molecule has 108 valence electrons. The third-order valence-electron chi connectivity index (χ3n) is 3.76. The molecule has 0 amide bonds. The van der Waals surface area contributed by atoms with E-state index in [2.05, 4.69) is 11.9 Å². The van der Waals surface area contributed by atoms with Gasteiger partial charge in [-0.3, -0.25) is 0 Å². The van der Waals surface area contributed by atoms with Crippen molar-refractivity contribution in [2.24, 2.45) is 5.92 Å². The van der Waals surface area contributed by atoms with E-state index in [1.807, 2.05) is 0 Å². The van der Waals surface area contributed by atoms with Crippen LogP contribution in [0.4, 0.5) is 5.13 Å². The Bertz CT molecular complexity index is 731. The van der Waals surface area contributed by atoms with Gasteiger partial charge in [0.1, 0.15) is 0 Å². The lowest BCUT2D eigenvalue weighted by Crippen LogP contribution is -2.37. The molecular formula is C13H17N3O2S2. The first-order valence-corrected chi connectivity index (χ1v) is 8.89. The van der Waals surface area contributed by atoms with E-state index in [0.717, 1.165) is 23.1 Å². The molecule has 0 atom stereocenters. The van der Waals surface area contributed by atoms with Crippen LogP contribution in [0.25, 0.3) is 10.2 Å². The SMILES string of the molecule is CC1CCN(S(=O)(=O)c2ccc3nc(N)sc3c2)CC1. The number of benzene rings is 1. The summed E-state index contributed by atoms with van der Waals surface area (Å²) in [5.41, 5.74) is 6.40. The average molecular weight is 311 g/mol. The Morgan fingerprint density at radius 3 is 2.75 bits per heavy atom. The van der Waals surface area contributed by atoms with E-state index in [1.54, 1.807) is 22.5 Å². The number of nitrogens with two attached hydrogens (primary N) is 1. The van der Waals surface area contributed by atoms with Crippen LogP contribution < -0.4 is 5.73 Å². The number of nitrogens with zero attached hydrogens (tertiary/aromatic N) is 2. The Morgan fingerprint density at radius 2 is 2.05 bits per heavy atom. The third kappa shape index (κ3) is 2.41. The summed E-state index contributed by atoms with van der Waals surface area (Å²) in [4.78, 5) is 4.48. The number of thiazole rings is 1. The highest BCUT2D eigenvalue weighted by atomic mass is 32.2. The molecule has 0 radical (unpaired) electrons. The number of rotatable bonds is 2. The smallest absolute Gasteiger partial charge is 0.243 e. The van der Waals surface area contributed by atoms with Crippen molar-refractivity contribution in [3.63, 3.8) is 0 Å². The average Bonchev–Trinajstić information content (AvgIpc) is 2.78. The van der Waals surface area contributed by atoms with Crippen LogP contribution in [0, 0.1) is 5.92 Å². The second kappa shape index (κ2) is 4.98. The predicted molar refractivity (Wildman–Crippen MR) is 81.2 cm³/mol. The molecule has 3 rings (SSSR count). The normalized spacial score (nSPS) is 18.6. The van der Waals surface area contributed by atoms with E-state index in [0.29, 0.717) is 29.0 Å². The van der Waals surface area contributed by atoms with Gasteiger partial charge in [0.2, 0.25) is 10.0 Å². The summed E-state index contributed by atoms with van der Waals surface area (Å²) >= 11 is 1.31. The lowest BCUT2D eigenvalue weighted by atomic mass is 10.0. The molecule has 0 saturated carbocycles. The van der Waals surface area contributed by atoms with Gasteiger partial charge in [0.15, 0.2) is 5.13 Å². The number of hydrogen-bond donors (Lipinski definition) is 1. The molecule has 1 aliphatic rings. The second-order valence-corrected chi connectivity index (χ2v) is 8.27. The highest BCUT2D eigenvalue weighted by Gasteiger charge is 2.28. The molecule has 2 heterocycles. The van der Waals surface area contributed by atoms with Gasteiger partial charge < -0.3 is 5.73 Å². The van der Waals surface area contributed by atoms with Gasteiger partial charge >= 0.3 is 0 Å². The molecule has 20 heavy (non-hydrogen) atoms. The van der Waals surface area contributed by atoms with E-state index in [9.17, 15) is 8.42 Å². The zero-order valence-corrected chi connectivity index (χ0v) is 12.9. The van der Waals surface area contributed by atoms with Crippen molar-refractivity contribution in [2.75, 3.05) is 18.8 Å². The highest BCUT2D eigenvalue weighted by Crippen LogP contribution is 2.29. The number of fused-ring (bicyclic) bond motifs is 1. The van der Waals surface area contributed by atoms with Gasteiger partial charge in [-0.1, -0.05) is 18.3 Å². The van der Waals surface area contributed by atoms with Gasteiger partial charge in [-0.05, 0) is 37.0 Å². The fourth-order valence-electron chi connectivity index (χ4n) is 2.46. The first-order chi connectivity index (χ1) is 9.46. The quantitative estimate of drug-likeness (QED) is 0.923. The number of aromatic nitrogens is 1. The number of nitrogen functional groups attached to an aromatic ring is 1. The number of hydrogen-bond acceptors (Lipinski definition) is 5. The van der Waals surface area contributed by atoms with E-state index in [4.69, 9.17) is 5.73 Å². The summed E-state index contributed by atoms with van der Waals surface area (Å²) in [5.74, 6) is 0.602. The van der Waals surface area contributed by atoms with Gasteiger partial charge in [-0.15, -0.1) is 0 Å². The summed E-state index contributed by atoms with van der Waals surface area (Å²) in [6, 6.07) is 5.02. The van der Waals surface area contributed by atoms with Gasteiger partial charge in [0, 0.05) is 13.1 Å². The van der Waals surface area contributed by atoms with E-state index >= 15 is 0 Å². The summed E-state index contributed by atoms with van der Waals surface area (Å²) < 4.78 is 27.6. The molecule has 1 fully saturated rings. The van der Waals surface area contributed by atoms with Crippen LogP contribution in [0.5, 0.6) is 0 Å². The van der Waals surface area contributed by atoms with Crippen molar-refractivity contribution < 1.29 is 8.42 Å². The molecule has 0 aliphatic carbocycles. The Balaban J connectivity index is 1.96. The summed E-state index contributed by atoms with van der Waals surface area (Å²) in [7, 11) is -3.40. The lowest BCUT2D eigenvalue weighted by Gasteiger charge is -2.29. The van der Waals surface area contributed by atoms with Crippen LogP contribution in [0.2, 0.25) is 0 Å². The van der Waals surface area contributed by atoms with Crippen molar-refractivity contribution in [1.82, 2.24) is 9.29 Å². The largest absolute Gasteiger partial charge is 0.375 e. The third-order valence-corrected chi connectivity index (χ3v) is 6.50. The van der Waals surface area contributed by atoms with Crippen LogP contribution in [-0.2, 0) is 10.0 Å². The van der Waals surface area contributed by atoms with Gasteiger partial charge in [0.25, 0.3) is 0 Å². The van der Waals surface area contributed by atoms with E-state index < -0.39 is 10.0 Å². The summed E-state index contributed by atoms with van der Waals surface area (Å²) in [5, 5.41) is 0.460. The van der Waals surface area contributed by atoms with Crippen molar-refractivity contribution in [1.29, 1.82) is 0 Å². The minimum atomic E-state index is -3.40. The Morgan fingerprint density at radius 1 is 1.35 bits per heavy atom. The maximum Gasteiger partial charge on any atom is 0.243 e. The fraction of sp³-hybridized carbons (Fsp3) is 0.462.